The second-order valence-electron chi connectivity index (χ2n) is 4.96. The molecule has 0 fully saturated rings. The Morgan fingerprint density at radius 1 is 1.23 bits per heavy atom. The van der Waals surface area contributed by atoms with Gasteiger partial charge in [-0.2, -0.15) is 5.26 Å². The summed E-state index contributed by atoms with van der Waals surface area (Å²) in [5, 5.41) is 18.5. The second kappa shape index (κ2) is 5.74. The molecule has 0 bridgehead atoms. The number of hydrogen-bond acceptors (Lipinski definition) is 4. The summed E-state index contributed by atoms with van der Waals surface area (Å²) in [6.45, 7) is -0.0465. The minimum atomic E-state index is -0.0824. The van der Waals surface area contributed by atoms with Gasteiger partial charge in [0.25, 0.3) is 0 Å². The minimum absolute atomic E-state index is 0.0465. The number of hydrogen-bond donors (Lipinski definition) is 1. The zero-order valence-electron chi connectivity index (χ0n) is 11.7. The third-order valence-electron chi connectivity index (χ3n) is 3.60. The highest BCUT2D eigenvalue weighted by molar-refractivity contribution is 6.16. The van der Waals surface area contributed by atoms with Gasteiger partial charge in [-0.15, -0.1) is 0 Å². The topological polar surface area (TPSA) is 70.3 Å². The monoisotopic (exact) mass is 291 g/mol. The summed E-state index contributed by atoms with van der Waals surface area (Å²) in [5.41, 5.74) is 2.55. The van der Waals surface area contributed by atoms with Crippen molar-refractivity contribution >= 4 is 11.9 Å². The van der Waals surface area contributed by atoms with Gasteiger partial charge >= 0.3 is 0 Å². The van der Waals surface area contributed by atoms with Crippen molar-refractivity contribution in [2.45, 2.75) is 6.42 Å². The van der Waals surface area contributed by atoms with Crippen LogP contribution < -0.4 is 4.74 Å². The number of nitrogens with zero attached hydrogens (tertiary/aromatic N) is 1. The van der Waals surface area contributed by atoms with Crippen molar-refractivity contribution in [3.05, 3.63) is 64.7 Å². The van der Waals surface area contributed by atoms with E-state index in [1.54, 1.807) is 30.3 Å². The molecule has 1 aliphatic rings. The highest BCUT2D eigenvalue weighted by atomic mass is 16.5. The molecule has 0 unspecified atom stereocenters. The number of Topliss-reactive ketones (excluding diaryl/α,β-unsaturated/α-hetero) is 1. The summed E-state index contributed by atoms with van der Waals surface area (Å²) >= 11 is 0. The van der Waals surface area contributed by atoms with Gasteiger partial charge in [-0.25, -0.2) is 0 Å². The van der Waals surface area contributed by atoms with Crippen molar-refractivity contribution in [2.75, 3.05) is 6.61 Å². The maximum absolute atomic E-state index is 12.4. The van der Waals surface area contributed by atoms with Crippen LogP contribution >= 0.6 is 0 Å². The van der Waals surface area contributed by atoms with Crippen molar-refractivity contribution in [1.82, 2.24) is 0 Å². The molecule has 2 aromatic rings. The molecule has 4 heteroatoms. The van der Waals surface area contributed by atoms with E-state index < -0.39 is 0 Å². The maximum Gasteiger partial charge on any atom is 0.189 e. The lowest BCUT2D eigenvalue weighted by atomic mass is 10.1. The molecule has 4 nitrogen and oxygen atoms in total. The third-order valence-corrected chi connectivity index (χ3v) is 3.60. The van der Waals surface area contributed by atoms with Gasteiger partial charge < -0.3 is 9.84 Å². The zero-order valence-corrected chi connectivity index (χ0v) is 11.7. The Kier molecular flexibility index (Phi) is 3.63. The van der Waals surface area contributed by atoms with Crippen LogP contribution in [0.1, 0.15) is 21.5 Å². The van der Waals surface area contributed by atoms with Crippen LogP contribution in [-0.2, 0) is 6.42 Å². The third kappa shape index (κ3) is 2.45. The van der Waals surface area contributed by atoms with Gasteiger partial charge in [0.2, 0.25) is 0 Å². The number of carbonyl (C=O) groups is 1. The van der Waals surface area contributed by atoms with Crippen molar-refractivity contribution in [3.8, 4) is 17.6 Å². The molecule has 3 rings (SSSR count). The fraction of sp³-hybridized carbons (Fsp3) is 0.111. The first kappa shape index (κ1) is 13.9. The average Bonchev–Trinajstić information content (AvgIpc) is 2.85. The quantitative estimate of drug-likeness (QED) is 0.882. The number of fused-ring (bicyclic) bond motifs is 1. The summed E-state index contributed by atoms with van der Waals surface area (Å²) in [6, 6.07) is 14.1. The Labute approximate surface area is 127 Å². The number of benzene rings is 2. The number of carbonyl (C=O) groups excluding carboxylic acids is 1. The highest BCUT2D eigenvalue weighted by Crippen LogP contribution is 2.34. The van der Waals surface area contributed by atoms with E-state index in [1.807, 2.05) is 24.3 Å². The molecule has 0 saturated heterocycles. The predicted molar refractivity (Wildman–Crippen MR) is 81.7 cm³/mol. The number of rotatable bonds is 3. The first-order valence-electron chi connectivity index (χ1n) is 6.85. The zero-order chi connectivity index (χ0) is 15.5. The van der Waals surface area contributed by atoms with Crippen LogP contribution in [-0.4, -0.2) is 17.5 Å². The van der Waals surface area contributed by atoms with Crippen LogP contribution in [0.5, 0.6) is 11.5 Å². The van der Waals surface area contributed by atoms with E-state index in [4.69, 9.17) is 10.00 Å². The number of phenols is 1. The van der Waals surface area contributed by atoms with Gasteiger partial charge in [-0.1, -0.05) is 30.3 Å². The molecule has 1 aliphatic carbocycles. The fourth-order valence-corrected chi connectivity index (χ4v) is 2.56. The Morgan fingerprint density at radius 3 is 2.82 bits per heavy atom. The lowest BCUT2D eigenvalue weighted by molar-refractivity contribution is 0.104. The SMILES string of the molecule is N#CCOc1ccccc1/C=C1/Cc2c(O)cccc2C1=O. The van der Waals surface area contributed by atoms with Crippen LogP contribution in [0.15, 0.2) is 48.0 Å². The van der Waals surface area contributed by atoms with E-state index in [0.29, 0.717) is 28.9 Å². The largest absolute Gasteiger partial charge is 0.508 e. The van der Waals surface area contributed by atoms with Gasteiger partial charge in [0, 0.05) is 28.7 Å². The van der Waals surface area contributed by atoms with Crippen molar-refractivity contribution in [2.24, 2.45) is 0 Å². The number of ether oxygens (including phenoxy) is 1. The number of allylic oxidation sites excluding steroid dienone is 1. The molecule has 1 N–H and O–H groups in total. The highest BCUT2D eigenvalue weighted by Gasteiger charge is 2.27. The van der Waals surface area contributed by atoms with Crippen molar-refractivity contribution in [1.29, 1.82) is 5.26 Å². The molecule has 0 heterocycles. The lowest BCUT2D eigenvalue weighted by Crippen LogP contribution is -1.98. The number of nitriles is 1. The number of phenolic OH excluding ortho intramolecular Hbond substituents is 1. The molecule has 0 spiro atoms. The Hall–Kier alpha value is -3.06. The van der Waals surface area contributed by atoms with Gasteiger partial charge in [0.15, 0.2) is 12.4 Å². The summed E-state index contributed by atoms with van der Waals surface area (Å²) in [7, 11) is 0. The summed E-state index contributed by atoms with van der Waals surface area (Å²) in [6.07, 6.45) is 2.15. The minimum Gasteiger partial charge on any atom is -0.508 e. The Bertz CT molecular complexity index is 815. The van der Waals surface area contributed by atoms with Crippen LogP contribution in [0.25, 0.3) is 6.08 Å². The molecule has 0 amide bonds. The van der Waals surface area contributed by atoms with E-state index in [0.717, 1.165) is 5.56 Å². The predicted octanol–water partition coefficient (Wildman–Crippen LogP) is 3.12. The van der Waals surface area contributed by atoms with Gasteiger partial charge in [-0.3, -0.25) is 4.79 Å². The van der Waals surface area contributed by atoms with Crippen LogP contribution in [0.3, 0.4) is 0 Å². The summed E-state index contributed by atoms with van der Waals surface area (Å²) < 4.78 is 5.37. The Balaban J connectivity index is 1.97. The van der Waals surface area contributed by atoms with Crippen LogP contribution in [0, 0.1) is 11.3 Å². The molecular formula is C18H13NO3. The summed E-state index contributed by atoms with van der Waals surface area (Å²) in [4.78, 5) is 12.4. The van der Waals surface area contributed by atoms with Crippen LogP contribution in [0.2, 0.25) is 0 Å². The fourth-order valence-electron chi connectivity index (χ4n) is 2.56. The summed E-state index contributed by atoms with van der Waals surface area (Å²) in [5.74, 6) is 0.619. The van der Waals surface area contributed by atoms with Crippen LogP contribution in [0.4, 0.5) is 0 Å². The normalized spacial score (nSPS) is 14.7. The smallest absolute Gasteiger partial charge is 0.189 e. The van der Waals surface area contributed by atoms with Crippen molar-refractivity contribution < 1.29 is 14.6 Å². The van der Waals surface area contributed by atoms with Gasteiger partial charge in [0.05, 0.1) is 0 Å². The van der Waals surface area contributed by atoms with E-state index in [2.05, 4.69) is 0 Å². The van der Waals surface area contributed by atoms with Gasteiger partial charge in [0.1, 0.15) is 17.6 Å². The number of aromatic hydroxyl groups is 1. The average molecular weight is 291 g/mol. The van der Waals surface area contributed by atoms with E-state index >= 15 is 0 Å². The van der Waals surface area contributed by atoms with E-state index in [-0.39, 0.29) is 18.1 Å². The molecule has 22 heavy (non-hydrogen) atoms. The number of ketones is 1. The molecule has 0 aromatic heterocycles. The van der Waals surface area contributed by atoms with E-state index in [9.17, 15) is 9.90 Å². The second-order valence-corrected chi connectivity index (χ2v) is 4.96. The first-order chi connectivity index (χ1) is 10.7. The number of para-hydroxylation sites is 1. The van der Waals surface area contributed by atoms with E-state index in [1.165, 1.54) is 0 Å². The molecule has 0 atom stereocenters. The Morgan fingerprint density at radius 2 is 2.05 bits per heavy atom. The molecule has 2 aromatic carbocycles. The van der Waals surface area contributed by atoms with Crippen molar-refractivity contribution in [3.63, 3.8) is 0 Å². The molecule has 0 saturated carbocycles. The maximum atomic E-state index is 12.4. The lowest BCUT2D eigenvalue weighted by Gasteiger charge is -2.06. The molecular weight excluding hydrogens is 278 g/mol. The van der Waals surface area contributed by atoms with Gasteiger partial charge in [-0.05, 0) is 18.2 Å². The standard InChI is InChI=1S/C18H13NO3/c19-8-9-22-17-7-2-1-4-12(17)10-13-11-15-14(18(13)21)5-3-6-16(15)20/h1-7,10,20H,9,11H2/b13-10-. The molecule has 108 valence electrons. The molecule has 0 aliphatic heterocycles. The first-order valence-corrected chi connectivity index (χ1v) is 6.85. The molecule has 0 radical (unpaired) electrons.